The summed E-state index contributed by atoms with van der Waals surface area (Å²) < 4.78 is 13.8. The van der Waals surface area contributed by atoms with Gasteiger partial charge in [-0.3, -0.25) is 4.79 Å². The summed E-state index contributed by atoms with van der Waals surface area (Å²) in [6.07, 6.45) is 3.55. The van der Waals surface area contributed by atoms with E-state index in [1.807, 2.05) is 0 Å². The van der Waals surface area contributed by atoms with E-state index in [2.05, 4.69) is 5.32 Å². The molecule has 0 unspecified atom stereocenters. The van der Waals surface area contributed by atoms with Gasteiger partial charge in [0.15, 0.2) is 0 Å². The average Bonchev–Trinajstić information content (AvgIpc) is 2.35. The maximum Gasteiger partial charge on any atom is 0.254 e. The van der Waals surface area contributed by atoms with Crippen molar-refractivity contribution >= 4 is 17.5 Å². The van der Waals surface area contributed by atoms with Crippen molar-refractivity contribution in [3.63, 3.8) is 0 Å². The molecule has 1 aromatic rings. The zero-order valence-electron chi connectivity index (χ0n) is 10.4. The van der Waals surface area contributed by atoms with Gasteiger partial charge in [-0.15, -0.1) is 11.6 Å². The zero-order chi connectivity index (χ0) is 13.1. The van der Waals surface area contributed by atoms with E-state index in [1.54, 1.807) is 19.1 Å². The van der Waals surface area contributed by atoms with Crippen LogP contribution in [-0.4, -0.2) is 17.3 Å². The van der Waals surface area contributed by atoms with Gasteiger partial charge in [0.2, 0.25) is 0 Å². The van der Waals surface area contributed by atoms with Crippen LogP contribution in [0, 0.1) is 12.7 Å². The molecule has 2 rings (SSSR count). The fraction of sp³-hybridized carbons (Fsp3) is 0.500. The smallest absolute Gasteiger partial charge is 0.254 e. The van der Waals surface area contributed by atoms with Crippen molar-refractivity contribution in [3.8, 4) is 0 Å². The lowest BCUT2D eigenvalue weighted by molar-refractivity contribution is 0.0923. The maximum absolute atomic E-state index is 13.8. The Morgan fingerprint density at radius 2 is 2.00 bits per heavy atom. The summed E-state index contributed by atoms with van der Waals surface area (Å²) in [7, 11) is 0. The Labute approximate surface area is 112 Å². The Morgan fingerprint density at radius 3 is 2.67 bits per heavy atom. The molecule has 1 aliphatic carbocycles. The third-order valence-corrected chi connectivity index (χ3v) is 3.86. The Bertz CT molecular complexity index is 441. The molecule has 2 nitrogen and oxygen atoms in total. The number of carbonyl (C=O) groups excluding carboxylic acids is 1. The number of nitrogens with one attached hydrogen (secondary N) is 1. The molecular weight excluding hydrogens is 253 g/mol. The summed E-state index contributed by atoms with van der Waals surface area (Å²) in [5, 5.41) is 3.10. The van der Waals surface area contributed by atoms with Crippen LogP contribution in [0.15, 0.2) is 18.2 Å². The van der Waals surface area contributed by atoms with Gasteiger partial charge in [0.1, 0.15) is 5.82 Å². The highest BCUT2D eigenvalue weighted by Gasteiger charge is 2.22. The van der Waals surface area contributed by atoms with E-state index < -0.39 is 5.82 Å². The number of halogens is 2. The summed E-state index contributed by atoms with van der Waals surface area (Å²) in [5.41, 5.74) is 0.620. The molecule has 18 heavy (non-hydrogen) atoms. The first-order chi connectivity index (χ1) is 8.58. The molecule has 1 N–H and O–H groups in total. The highest BCUT2D eigenvalue weighted by Crippen LogP contribution is 2.23. The number of hydrogen-bond donors (Lipinski definition) is 1. The molecule has 0 heterocycles. The van der Waals surface area contributed by atoms with Gasteiger partial charge in [-0.05, 0) is 44.2 Å². The molecule has 1 fully saturated rings. The minimum Gasteiger partial charge on any atom is -0.349 e. The molecule has 0 saturated heterocycles. The molecule has 1 aromatic carbocycles. The summed E-state index contributed by atoms with van der Waals surface area (Å²) in [4.78, 5) is 12.0. The predicted octanol–water partition coefficient (Wildman–Crippen LogP) is 3.41. The molecule has 0 atom stereocenters. The monoisotopic (exact) mass is 269 g/mol. The van der Waals surface area contributed by atoms with Crippen molar-refractivity contribution in [3.05, 3.63) is 35.1 Å². The molecular formula is C14H17ClFNO. The number of rotatable bonds is 2. The first kappa shape index (κ1) is 13.3. The topological polar surface area (TPSA) is 29.1 Å². The summed E-state index contributed by atoms with van der Waals surface area (Å²) >= 11 is 6.01. The molecule has 0 radical (unpaired) electrons. The second-order valence-electron chi connectivity index (χ2n) is 4.86. The molecule has 1 saturated carbocycles. The van der Waals surface area contributed by atoms with Crippen LogP contribution in [0.1, 0.15) is 41.6 Å². The van der Waals surface area contributed by atoms with Crippen molar-refractivity contribution in [1.82, 2.24) is 5.32 Å². The lowest BCUT2D eigenvalue weighted by Crippen LogP contribution is -2.38. The summed E-state index contributed by atoms with van der Waals surface area (Å²) in [5.74, 6) is -0.754. The number of benzene rings is 1. The third kappa shape index (κ3) is 3.02. The van der Waals surface area contributed by atoms with E-state index in [-0.39, 0.29) is 22.9 Å². The van der Waals surface area contributed by atoms with Gasteiger partial charge in [0, 0.05) is 11.4 Å². The van der Waals surface area contributed by atoms with Gasteiger partial charge in [-0.2, -0.15) is 0 Å². The van der Waals surface area contributed by atoms with Crippen LogP contribution in [0.3, 0.4) is 0 Å². The van der Waals surface area contributed by atoms with Crippen LogP contribution >= 0.6 is 11.6 Å². The molecule has 0 spiro atoms. The van der Waals surface area contributed by atoms with Crippen molar-refractivity contribution in [2.24, 2.45) is 0 Å². The fourth-order valence-electron chi connectivity index (χ4n) is 2.28. The van der Waals surface area contributed by atoms with E-state index in [0.29, 0.717) is 5.56 Å². The van der Waals surface area contributed by atoms with E-state index >= 15 is 0 Å². The van der Waals surface area contributed by atoms with Crippen molar-refractivity contribution in [2.45, 2.75) is 44.0 Å². The molecule has 1 amide bonds. The largest absolute Gasteiger partial charge is 0.349 e. The third-order valence-electron chi connectivity index (χ3n) is 3.43. The molecule has 0 aromatic heterocycles. The standard InChI is InChI=1S/C14H17ClFNO/c1-9-3-2-4-12(13(9)16)14(18)17-11-7-5-10(15)6-8-11/h2-4,10-11H,5-8H2,1H3,(H,17,18). The van der Waals surface area contributed by atoms with Crippen molar-refractivity contribution < 1.29 is 9.18 Å². The number of carbonyl (C=O) groups is 1. The van der Waals surface area contributed by atoms with Gasteiger partial charge in [0.25, 0.3) is 5.91 Å². The quantitative estimate of drug-likeness (QED) is 0.819. The summed E-state index contributed by atoms with van der Waals surface area (Å²) in [6, 6.07) is 4.99. The molecule has 0 aliphatic heterocycles. The normalized spacial score (nSPS) is 23.7. The average molecular weight is 270 g/mol. The fourth-order valence-corrected chi connectivity index (χ4v) is 2.53. The van der Waals surface area contributed by atoms with Crippen LogP contribution in [0.5, 0.6) is 0 Å². The second kappa shape index (κ2) is 5.70. The Hall–Kier alpha value is -1.09. The highest BCUT2D eigenvalue weighted by atomic mass is 35.5. The van der Waals surface area contributed by atoms with Crippen LogP contribution < -0.4 is 5.32 Å². The van der Waals surface area contributed by atoms with Crippen molar-refractivity contribution in [2.75, 3.05) is 0 Å². The van der Waals surface area contributed by atoms with Crippen LogP contribution in [-0.2, 0) is 0 Å². The Balaban J connectivity index is 2.01. The van der Waals surface area contributed by atoms with Gasteiger partial charge >= 0.3 is 0 Å². The highest BCUT2D eigenvalue weighted by molar-refractivity contribution is 6.20. The molecule has 1 aliphatic rings. The van der Waals surface area contributed by atoms with E-state index in [1.165, 1.54) is 6.07 Å². The number of aryl methyl sites for hydroxylation is 1. The van der Waals surface area contributed by atoms with Gasteiger partial charge < -0.3 is 5.32 Å². The van der Waals surface area contributed by atoms with E-state index in [9.17, 15) is 9.18 Å². The van der Waals surface area contributed by atoms with Gasteiger partial charge in [-0.25, -0.2) is 4.39 Å². The van der Waals surface area contributed by atoms with E-state index in [0.717, 1.165) is 25.7 Å². The Morgan fingerprint density at radius 1 is 1.33 bits per heavy atom. The lowest BCUT2D eigenvalue weighted by atomic mass is 9.94. The van der Waals surface area contributed by atoms with Crippen molar-refractivity contribution in [1.29, 1.82) is 0 Å². The summed E-state index contributed by atoms with van der Waals surface area (Å²) in [6.45, 7) is 1.66. The number of amides is 1. The van der Waals surface area contributed by atoms with Gasteiger partial charge in [-0.1, -0.05) is 12.1 Å². The SMILES string of the molecule is Cc1cccc(C(=O)NC2CCC(Cl)CC2)c1F. The Kier molecular flexibility index (Phi) is 4.23. The number of alkyl halides is 1. The van der Waals surface area contributed by atoms with Crippen LogP contribution in [0.2, 0.25) is 0 Å². The second-order valence-corrected chi connectivity index (χ2v) is 5.48. The molecule has 98 valence electrons. The zero-order valence-corrected chi connectivity index (χ0v) is 11.1. The molecule has 4 heteroatoms. The number of hydrogen-bond acceptors (Lipinski definition) is 1. The van der Waals surface area contributed by atoms with Crippen LogP contribution in [0.4, 0.5) is 4.39 Å². The minimum atomic E-state index is -0.430. The van der Waals surface area contributed by atoms with E-state index in [4.69, 9.17) is 11.6 Å². The molecule has 0 bridgehead atoms. The van der Waals surface area contributed by atoms with Gasteiger partial charge in [0.05, 0.1) is 5.56 Å². The lowest BCUT2D eigenvalue weighted by Gasteiger charge is -2.25. The maximum atomic E-state index is 13.8. The first-order valence-corrected chi connectivity index (χ1v) is 6.71. The first-order valence-electron chi connectivity index (χ1n) is 6.28. The minimum absolute atomic E-state index is 0.118. The predicted molar refractivity (Wildman–Crippen MR) is 70.5 cm³/mol. The van der Waals surface area contributed by atoms with Crippen LogP contribution in [0.25, 0.3) is 0 Å².